The predicted molar refractivity (Wildman–Crippen MR) is 109 cm³/mol. The van der Waals surface area contributed by atoms with E-state index in [1.165, 1.54) is 12.1 Å². The van der Waals surface area contributed by atoms with E-state index in [4.69, 9.17) is 0 Å². The van der Waals surface area contributed by atoms with Crippen molar-refractivity contribution < 1.29 is 0 Å². The molecule has 0 bridgehead atoms. The maximum Gasteiger partial charge on any atom is 0.191 e. The Hall–Kier alpha value is -0.980. The van der Waals surface area contributed by atoms with Gasteiger partial charge in [0.15, 0.2) is 5.96 Å². The second-order valence-corrected chi connectivity index (χ2v) is 5.42. The highest BCUT2D eigenvalue weighted by molar-refractivity contribution is 14.0. The Bertz CT molecular complexity index is 408. The third-order valence-electron chi connectivity index (χ3n) is 3.63. The molecule has 0 amide bonds. The molecule has 22 heavy (non-hydrogen) atoms. The van der Waals surface area contributed by atoms with E-state index in [2.05, 4.69) is 71.8 Å². The summed E-state index contributed by atoms with van der Waals surface area (Å²) in [5.74, 6) is 0.903. The van der Waals surface area contributed by atoms with E-state index in [1.807, 2.05) is 7.05 Å². The van der Waals surface area contributed by atoms with Crippen LogP contribution in [0.4, 0.5) is 5.69 Å². The van der Waals surface area contributed by atoms with E-state index in [0.29, 0.717) is 6.04 Å². The zero-order chi connectivity index (χ0) is 15.5. The lowest BCUT2D eigenvalue weighted by Gasteiger charge is -2.19. The van der Waals surface area contributed by atoms with Gasteiger partial charge in [0.05, 0.1) is 0 Å². The lowest BCUT2D eigenvalue weighted by atomic mass is 10.2. The van der Waals surface area contributed by atoms with E-state index < -0.39 is 0 Å². The maximum absolute atomic E-state index is 4.24. The van der Waals surface area contributed by atoms with Crippen LogP contribution >= 0.6 is 24.0 Å². The van der Waals surface area contributed by atoms with Crippen molar-refractivity contribution in [1.29, 1.82) is 0 Å². The fraction of sp³-hybridized carbons (Fsp3) is 0.588. The van der Waals surface area contributed by atoms with Crippen LogP contribution in [0.5, 0.6) is 0 Å². The second-order valence-electron chi connectivity index (χ2n) is 5.42. The molecule has 1 rings (SSSR count). The summed E-state index contributed by atoms with van der Waals surface area (Å²) in [7, 11) is 3.97. The monoisotopic (exact) mass is 418 g/mol. The van der Waals surface area contributed by atoms with Gasteiger partial charge in [-0.25, -0.2) is 0 Å². The van der Waals surface area contributed by atoms with Crippen molar-refractivity contribution in [2.75, 3.05) is 32.1 Å². The van der Waals surface area contributed by atoms with E-state index in [9.17, 15) is 0 Å². The van der Waals surface area contributed by atoms with Gasteiger partial charge in [0, 0.05) is 38.9 Å². The average molecular weight is 418 g/mol. The van der Waals surface area contributed by atoms with Crippen LogP contribution in [0, 0.1) is 0 Å². The van der Waals surface area contributed by atoms with Gasteiger partial charge in [-0.1, -0.05) is 25.1 Å². The molecule has 0 heterocycles. The fourth-order valence-electron chi connectivity index (χ4n) is 2.02. The molecule has 1 atom stereocenters. The molecule has 0 spiro atoms. The Morgan fingerprint density at radius 1 is 1.23 bits per heavy atom. The molecule has 0 saturated heterocycles. The summed E-state index contributed by atoms with van der Waals surface area (Å²) in [5, 5.41) is 6.74. The molecule has 0 aliphatic heterocycles. The van der Waals surface area contributed by atoms with Crippen LogP contribution in [0.25, 0.3) is 0 Å². The third kappa shape index (κ3) is 8.46. The van der Waals surface area contributed by atoms with E-state index in [-0.39, 0.29) is 24.0 Å². The molecule has 1 aromatic rings. The van der Waals surface area contributed by atoms with Gasteiger partial charge in [0.2, 0.25) is 0 Å². The van der Waals surface area contributed by atoms with E-state index >= 15 is 0 Å². The van der Waals surface area contributed by atoms with Crippen LogP contribution in [0.3, 0.4) is 0 Å². The summed E-state index contributed by atoms with van der Waals surface area (Å²) in [6.07, 6.45) is 3.40. The molecule has 1 unspecified atom stereocenters. The van der Waals surface area contributed by atoms with Crippen LogP contribution in [0.15, 0.2) is 35.3 Å². The van der Waals surface area contributed by atoms with Crippen molar-refractivity contribution in [3.63, 3.8) is 0 Å². The van der Waals surface area contributed by atoms with Crippen LogP contribution in [0.1, 0.15) is 33.1 Å². The van der Waals surface area contributed by atoms with Gasteiger partial charge in [-0.15, -0.1) is 24.0 Å². The first-order chi connectivity index (χ1) is 10.2. The summed E-state index contributed by atoms with van der Waals surface area (Å²) in [6.45, 7) is 6.37. The largest absolute Gasteiger partial charge is 0.375 e. The number of rotatable bonds is 8. The molecule has 0 saturated carbocycles. The predicted octanol–water partition coefficient (Wildman–Crippen LogP) is 3.48. The summed E-state index contributed by atoms with van der Waals surface area (Å²) in [5.41, 5.74) is 1.28. The van der Waals surface area contributed by atoms with Gasteiger partial charge in [0.1, 0.15) is 0 Å². The maximum atomic E-state index is 4.24. The minimum Gasteiger partial charge on any atom is -0.375 e. The minimum atomic E-state index is 0. The number of guanidine groups is 1. The number of anilines is 1. The Morgan fingerprint density at radius 2 is 1.91 bits per heavy atom. The molecule has 1 aromatic carbocycles. The first-order valence-corrected chi connectivity index (χ1v) is 7.90. The number of benzene rings is 1. The van der Waals surface area contributed by atoms with Crippen LogP contribution < -0.4 is 15.5 Å². The summed E-state index contributed by atoms with van der Waals surface area (Å²) >= 11 is 0. The number of hydrogen-bond acceptors (Lipinski definition) is 2. The van der Waals surface area contributed by atoms with Crippen LogP contribution in [-0.4, -0.2) is 39.2 Å². The average Bonchev–Trinajstić information content (AvgIpc) is 2.53. The molecule has 0 radical (unpaired) electrons. The first-order valence-electron chi connectivity index (χ1n) is 7.90. The molecule has 4 nitrogen and oxygen atoms in total. The van der Waals surface area contributed by atoms with E-state index in [1.54, 1.807) is 0 Å². The Labute approximate surface area is 152 Å². The van der Waals surface area contributed by atoms with Gasteiger partial charge in [0.25, 0.3) is 0 Å². The summed E-state index contributed by atoms with van der Waals surface area (Å²) in [4.78, 5) is 6.54. The lowest BCUT2D eigenvalue weighted by Crippen LogP contribution is -2.42. The highest BCUT2D eigenvalue weighted by Crippen LogP contribution is 2.11. The fourth-order valence-corrected chi connectivity index (χ4v) is 2.02. The number of nitrogens with zero attached hydrogens (tertiary/aromatic N) is 2. The van der Waals surface area contributed by atoms with Gasteiger partial charge >= 0.3 is 0 Å². The van der Waals surface area contributed by atoms with Crippen LogP contribution in [-0.2, 0) is 0 Å². The van der Waals surface area contributed by atoms with E-state index in [0.717, 1.165) is 31.9 Å². The van der Waals surface area contributed by atoms with Gasteiger partial charge in [-0.3, -0.25) is 4.99 Å². The number of unbranched alkanes of at least 4 members (excludes halogenated alkanes) is 1. The zero-order valence-corrected chi connectivity index (χ0v) is 16.6. The highest BCUT2D eigenvalue weighted by atomic mass is 127. The van der Waals surface area contributed by atoms with Crippen molar-refractivity contribution in [3.8, 4) is 0 Å². The first kappa shape index (κ1) is 21.0. The SMILES string of the molecule is CCC(C)NC(=NC)NCCCCN(C)c1ccccc1.I. The van der Waals surface area contributed by atoms with Gasteiger partial charge < -0.3 is 15.5 Å². The lowest BCUT2D eigenvalue weighted by molar-refractivity contribution is 0.616. The standard InChI is InChI=1S/C17H30N4.HI/c1-5-15(2)20-17(18-3)19-13-9-10-14-21(4)16-11-7-6-8-12-16;/h6-8,11-12,15H,5,9-10,13-14H2,1-4H3,(H2,18,19,20);1H. The zero-order valence-electron chi connectivity index (χ0n) is 14.3. The Morgan fingerprint density at radius 3 is 2.50 bits per heavy atom. The number of nitrogens with one attached hydrogen (secondary N) is 2. The summed E-state index contributed by atoms with van der Waals surface area (Å²) < 4.78 is 0. The number of halogens is 1. The molecule has 2 N–H and O–H groups in total. The van der Waals surface area contributed by atoms with Crippen molar-refractivity contribution in [1.82, 2.24) is 10.6 Å². The van der Waals surface area contributed by atoms with Gasteiger partial charge in [-0.05, 0) is 38.3 Å². The van der Waals surface area contributed by atoms with Crippen LogP contribution in [0.2, 0.25) is 0 Å². The molecular weight excluding hydrogens is 387 g/mol. The molecule has 0 aromatic heterocycles. The molecule has 0 aliphatic carbocycles. The summed E-state index contributed by atoms with van der Waals surface area (Å²) in [6, 6.07) is 11.0. The van der Waals surface area contributed by atoms with Crippen molar-refractivity contribution >= 4 is 35.6 Å². The number of aliphatic imine (C=N–C) groups is 1. The van der Waals surface area contributed by atoms with Gasteiger partial charge in [-0.2, -0.15) is 0 Å². The number of para-hydroxylation sites is 1. The Balaban J connectivity index is 0.00000441. The third-order valence-corrected chi connectivity index (χ3v) is 3.63. The van der Waals surface area contributed by atoms with Crippen molar-refractivity contribution in [2.24, 2.45) is 4.99 Å². The topological polar surface area (TPSA) is 39.7 Å². The molecule has 0 fully saturated rings. The smallest absolute Gasteiger partial charge is 0.191 e. The Kier molecular flexibility index (Phi) is 12.0. The molecular formula is C17H31IN4. The van der Waals surface area contributed by atoms with Crippen molar-refractivity contribution in [3.05, 3.63) is 30.3 Å². The molecule has 0 aliphatic rings. The van der Waals surface area contributed by atoms with Crippen molar-refractivity contribution in [2.45, 2.75) is 39.2 Å². The normalized spacial score (nSPS) is 12.3. The quantitative estimate of drug-likeness (QED) is 0.294. The molecule has 5 heteroatoms. The second kappa shape index (κ2) is 12.6. The minimum absolute atomic E-state index is 0. The molecule has 126 valence electrons. The highest BCUT2D eigenvalue weighted by Gasteiger charge is 2.02. The number of hydrogen-bond donors (Lipinski definition) is 2.